The Kier molecular flexibility index (Phi) is 9.71. The second-order valence-electron chi connectivity index (χ2n) is 4.61. The van der Waals surface area contributed by atoms with Crippen molar-refractivity contribution in [3.05, 3.63) is 34.9 Å². The van der Waals surface area contributed by atoms with E-state index in [2.05, 4.69) is 61.9 Å². The summed E-state index contributed by atoms with van der Waals surface area (Å²) in [4.78, 5) is 0. The van der Waals surface area contributed by atoms with Gasteiger partial charge in [-0.25, -0.2) is 0 Å². The van der Waals surface area contributed by atoms with Gasteiger partial charge in [0, 0.05) is 5.33 Å². The lowest BCUT2D eigenvalue weighted by Gasteiger charge is -2.00. The molecule has 0 fully saturated rings. The molecule has 0 N–H and O–H groups in total. The summed E-state index contributed by atoms with van der Waals surface area (Å²) in [5, 5.41) is 0.974. The van der Waals surface area contributed by atoms with Crippen LogP contribution in [0.15, 0.2) is 34.9 Å². The predicted octanol–water partition coefficient (Wildman–Crippen LogP) is 5.80. The summed E-state index contributed by atoms with van der Waals surface area (Å²) in [6.45, 7) is 8.76. The van der Waals surface area contributed by atoms with Crippen molar-refractivity contribution in [3.63, 3.8) is 0 Å². The highest BCUT2D eigenvalue weighted by atomic mass is 79.9. The van der Waals surface area contributed by atoms with E-state index in [1.165, 1.54) is 42.4 Å². The molecule has 92 valence electrons. The molecule has 0 radical (unpaired) electrons. The summed E-state index contributed by atoms with van der Waals surface area (Å²) >= 11 is 3.42. The maximum atomic E-state index is 3.42. The first-order valence-electron chi connectivity index (χ1n) is 6.07. The Morgan fingerprint density at radius 3 is 1.81 bits per heavy atom. The van der Waals surface area contributed by atoms with Crippen LogP contribution >= 0.6 is 15.9 Å². The largest absolute Gasteiger partial charge is 0.0883 e. The minimum atomic E-state index is 0.974. The Morgan fingerprint density at radius 2 is 1.31 bits per heavy atom. The first-order valence-corrected chi connectivity index (χ1v) is 7.19. The fourth-order valence-corrected chi connectivity index (χ4v) is 2.02. The standard InChI is InChI=1S/C15H25Br/c1-13(2)7-5-8-14(3)9-6-10-15(4)11-12-16/h7,9,11H,5-6,8,10,12H2,1-4H3/b14-9+,15-11+/i1+1,2+1,13+1. The summed E-state index contributed by atoms with van der Waals surface area (Å²) in [5.74, 6) is 0. The summed E-state index contributed by atoms with van der Waals surface area (Å²) in [7, 11) is 0. The Bertz CT molecular complexity index is 265. The molecule has 0 bridgehead atoms. The fourth-order valence-electron chi connectivity index (χ4n) is 1.47. The molecule has 0 nitrogen and oxygen atoms in total. The number of allylic oxidation sites excluding steroid dienone is 6. The highest BCUT2D eigenvalue weighted by Crippen LogP contribution is 2.11. The van der Waals surface area contributed by atoms with Crippen LogP contribution in [0.4, 0.5) is 0 Å². The molecule has 0 aliphatic carbocycles. The van der Waals surface area contributed by atoms with E-state index >= 15 is 0 Å². The Hall–Kier alpha value is -0.300. The van der Waals surface area contributed by atoms with Crippen molar-refractivity contribution in [2.75, 3.05) is 5.33 Å². The van der Waals surface area contributed by atoms with Gasteiger partial charge in [-0.3, -0.25) is 0 Å². The second kappa shape index (κ2) is 9.89. The van der Waals surface area contributed by atoms with E-state index in [0.29, 0.717) is 0 Å². The van der Waals surface area contributed by atoms with Crippen LogP contribution in [0, 0.1) is 0 Å². The van der Waals surface area contributed by atoms with Crippen molar-refractivity contribution < 1.29 is 0 Å². The van der Waals surface area contributed by atoms with Gasteiger partial charge in [0.2, 0.25) is 0 Å². The van der Waals surface area contributed by atoms with Crippen molar-refractivity contribution >= 4 is 15.9 Å². The SMILES string of the molecule is C/C(=C\CC/C(C)=C/CBr)CCC=[13C]([13CH3])[13CH3]. The summed E-state index contributed by atoms with van der Waals surface area (Å²) < 4.78 is 0. The average Bonchev–Trinajstić information content (AvgIpc) is 2.17. The molecular weight excluding hydrogens is 263 g/mol. The normalized spacial score (nSPS) is 12.8. The Morgan fingerprint density at radius 1 is 0.812 bits per heavy atom. The van der Waals surface area contributed by atoms with Crippen molar-refractivity contribution in [2.24, 2.45) is 0 Å². The van der Waals surface area contributed by atoms with Crippen molar-refractivity contribution in [2.45, 2.75) is 53.4 Å². The number of alkyl halides is 1. The van der Waals surface area contributed by atoms with E-state index in [4.69, 9.17) is 0 Å². The predicted molar refractivity (Wildman–Crippen MR) is 79.2 cm³/mol. The molecule has 0 spiro atoms. The lowest BCUT2D eigenvalue weighted by molar-refractivity contribution is 0.917. The van der Waals surface area contributed by atoms with Gasteiger partial charge in [0.25, 0.3) is 0 Å². The first-order chi connectivity index (χ1) is 7.56. The summed E-state index contributed by atoms with van der Waals surface area (Å²) in [6, 6.07) is 0. The van der Waals surface area contributed by atoms with Crippen LogP contribution in [-0.4, -0.2) is 5.33 Å². The number of halogens is 1. The van der Waals surface area contributed by atoms with Crippen LogP contribution in [0.25, 0.3) is 0 Å². The smallest absolute Gasteiger partial charge is 0.0214 e. The molecule has 0 aromatic rings. The quantitative estimate of drug-likeness (QED) is 0.315. The molecule has 0 unspecified atom stereocenters. The highest BCUT2D eigenvalue weighted by Gasteiger charge is 1.91. The zero-order valence-electron chi connectivity index (χ0n) is 11.1. The van der Waals surface area contributed by atoms with Crippen LogP contribution in [-0.2, 0) is 0 Å². The minimum Gasteiger partial charge on any atom is -0.0883 e. The van der Waals surface area contributed by atoms with Gasteiger partial charge in [-0.1, -0.05) is 50.9 Å². The van der Waals surface area contributed by atoms with E-state index in [0.717, 1.165) is 5.33 Å². The van der Waals surface area contributed by atoms with E-state index < -0.39 is 0 Å². The van der Waals surface area contributed by atoms with E-state index in [1.54, 1.807) is 0 Å². The molecule has 0 aromatic heterocycles. The molecular formula is C15H25Br. The molecule has 0 saturated carbocycles. The average molecular weight is 288 g/mol. The van der Waals surface area contributed by atoms with Crippen LogP contribution in [0.2, 0.25) is 0 Å². The topological polar surface area (TPSA) is 0 Å². The lowest BCUT2D eigenvalue weighted by Crippen LogP contribution is -1.81. The van der Waals surface area contributed by atoms with Crippen LogP contribution in [0.3, 0.4) is 0 Å². The molecule has 0 aliphatic heterocycles. The van der Waals surface area contributed by atoms with Gasteiger partial charge < -0.3 is 0 Å². The summed E-state index contributed by atoms with van der Waals surface area (Å²) in [6.07, 6.45) is 11.7. The zero-order chi connectivity index (χ0) is 12.4. The molecule has 0 heterocycles. The molecule has 0 atom stereocenters. The molecule has 0 aromatic carbocycles. The Balaban J connectivity index is 3.79. The zero-order valence-corrected chi connectivity index (χ0v) is 12.7. The number of rotatable bonds is 7. The Labute approximate surface area is 110 Å². The van der Waals surface area contributed by atoms with Gasteiger partial charge in [0.05, 0.1) is 0 Å². The highest BCUT2D eigenvalue weighted by molar-refractivity contribution is 9.09. The van der Waals surface area contributed by atoms with Crippen LogP contribution in [0.1, 0.15) is 53.4 Å². The minimum absolute atomic E-state index is 0.974. The van der Waals surface area contributed by atoms with Crippen molar-refractivity contribution in [1.82, 2.24) is 0 Å². The van der Waals surface area contributed by atoms with Crippen LogP contribution in [0.5, 0.6) is 0 Å². The van der Waals surface area contributed by atoms with Gasteiger partial charge in [-0.05, 0) is 53.4 Å². The van der Waals surface area contributed by atoms with Crippen molar-refractivity contribution in [1.29, 1.82) is 0 Å². The van der Waals surface area contributed by atoms with E-state index in [-0.39, 0.29) is 0 Å². The van der Waals surface area contributed by atoms with Gasteiger partial charge in [-0.15, -0.1) is 0 Å². The third kappa shape index (κ3) is 10.2. The second-order valence-corrected chi connectivity index (χ2v) is 5.26. The lowest BCUT2D eigenvalue weighted by atomic mass is 10.1. The van der Waals surface area contributed by atoms with E-state index in [9.17, 15) is 0 Å². The molecule has 0 saturated heterocycles. The van der Waals surface area contributed by atoms with Gasteiger partial charge in [0.1, 0.15) is 0 Å². The fraction of sp³-hybridized carbons (Fsp3) is 0.600. The maximum absolute atomic E-state index is 3.42. The van der Waals surface area contributed by atoms with Gasteiger partial charge in [-0.2, -0.15) is 0 Å². The van der Waals surface area contributed by atoms with Crippen LogP contribution < -0.4 is 0 Å². The van der Waals surface area contributed by atoms with Gasteiger partial charge >= 0.3 is 0 Å². The first kappa shape index (κ1) is 15.7. The van der Waals surface area contributed by atoms with Gasteiger partial charge in [0.15, 0.2) is 0 Å². The molecule has 0 amide bonds. The molecule has 1 heteroatoms. The molecule has 0 aliphatic rings. The monoisotopic (exact) mass is 287 g/mol. The third-order valence-electron chi connectivity index (χ3n) is 2.55. The summed E-state index contributed by atoms with van der Waals surface area (Å²) in [5.41, 5.74) is 4.42. The number of hydrogen-bond donors (Lipinski definition) is 0. The van der Waals surface area contributed by atoms with Crippen molar-refractivity contribution in [3.8, 4) is 0 Å². The molecule has 16 heavy (non-hydrogen) atoms. The molecule has 0 rings (SSSR count). The van der Waals surface area contributed by atoms with E-state index in [1.807, 2.05) is 0 Å². The number of hydrogen-bond acceptors (Lipinski definition) is 0. The third-order valence-corrected chi connectivity index (χ3v) is 2.87. The maximum Gasteiger partial charge on any atom is 0.0214 e.